The highest BCUT2D eigenvalue weighted by molar-refractivity contribution is 9.10. The second kappa shape index (κ2) is 7.01. The van der Waals surface area contributed by atoms with Crippen LogP contribution in [0.2, 0.25) is 0 Å². The largest absolute Gasteiger partial charge is 0.385 e. The third kappa shape index (κ3) is 5.28. The summed E-state index contributed by atoms with van der Waals surface area (Å²) in [6.07, 6.45) is 0.841. The first-order chi connectivity index (χ1) is 8.85. The molecule has 0 spiro atoms. The Morgan fingerprint density at radius 3 is 2.79 bits per heavy atom. The molecule has 0 saturated heterocycles. The van der Waals surface area contributed by atoms with Gasteiger partial charge in [0.15, 0.2) is 0 Å². The second-order valence-electron chi connectivity index (χ2n) is 5.21. The molecule has 0 saturated carbocycles. The molecule has 5 heteroatoms. The predicted octanol–water partition coefficient (Wildman–Crippen LogP) is 3.38. The van der Waals surface area contributed by atoms with E-state index in [4.69, 9.17) is 4.74 Å². The highest BCUT2D eigenvalue weighted by atomic mass is 79.9. The number of halogens is 2. The maximum absolute atomic E-state index is 13.1. The Morgan fingerprint density at radius 1 is 1.47 bits per heavy atom. The van der Waals surface area contributed by atoms with Gasteiger partial charge in [0.2, 0.25) is 0 Å². The molecule has 1 rings (SSSR count). The fraction of sp³-hybridized carbons (Fsp3) is 0.500. The summed E-state index contributed by atoms with van der Waals surface area (Å²) in [5, 5.41) is 2.83. The molecule has 0 radical (unpaired) electrons. The Morgan fingerprint density at radius 2 is 2.16 bits per heavy atom. The first kappa shape index (κ1) is 16.1. The van der Waals surface area contributed by atoms with Crippen LogP contribution in [0, 0.1) is 11.2 Å². The van der Waals surface area contributed by atoms with E-state index < -0.39 is 5.82 Å². The summed E-state index contributed by atoms with van der Waals surface area (Å²) in [7, 11) is 1.65. The fourth-order valence-corrected chi connectivity index (χ4v) is 1.98. The average Bonchev–Trinajstić information content (AvgIpc) is 2.36. The molecule has 1 aromatic carbocycles. The van der Waals surface area contributed by atoms with Crippen molar-refractivity contribution in [1.29, 1.82) is 0 Å². The van der Waals surface area contributed by atoms with Crippen LogP contribution in [0.5, 0.6) is 0 Å². The molecule has 0 aliphatic carbocycles. The highest BCUT2D eigenvalue weighted by Crippen LogP contribution is 2.21. The lowest BCUT2D eigenvalue weighted by Crippen LogP contribution is -2.34. The number of benzene rings is 1. The number of rotatable bonds is 6. The van der Waals surface area contributed by atoms with Gasteiger partial charge in [-0.15, -0.1) is 0 Å². The smallest absolute Gasteiger partial charge is 0.252 e. The van der Waals surface area contributed by atoms with Gasteiger partial charge in [0.05, 0.1) is 5.56 Å². The van der Waals surface area contributed by atoms with E-state index in [9.17, 15) is 9.18 Å². The van der Waals surface area contributed by atoms with E-state index in [1.54, 1.807) is 7.11 Å². The molecular weight excluding hydrogens is 313 g/mol. The first-order valence-electron chi connectivity index (χ1n) is 6.08. The summed E-state index contributed by atoms with van der Waals surface area (Å²) in [6, 6.07) is 4.06. The standard InChI is InChI=1S/C14H19BrFNO2/c1-14(2,6-7-19-3)9-17-13(18)11-8-10(16)4-5-12(11)15/h4-5,8H,6-7,9H2,1-3H3,(H,17,18). The monoisotopic (exact) mass is 331 g/mol. The van der Waals surface area contributed by atoms with Gasteiger partial charge in [-0.05, 0) is 46.0 Å². The van der Waals surface area contributed by atoms with Crippen LogP contribution in [0.25, 0.3) is 0 Å². The van der Waals surface area contributed by atoms with Crippen LogP contribution in [-0.4, -0.2) is 26.2 Å². The molecule has 0 unspecified atom stereocenters. The minimum Gasteiger partial charge on any atom is -0.385 e. The zero-order chi connectivity index (χ0) is 14.5. The van der Waals surface area contributed by atoms with E-state index in [2.05, 4.69) is 21.2 Å². The van der Waals surface area contributed by atoms with Gasteiger partial charge in [0.25, 0.3) is 5.91 Å². The summed E-state index contributed by atoms with van der Waals surface area (Å²) < 4.78 is 18.7. The maximum atomic E-state index is 13.1. The fourth-order valence-electron chi connectivity index (χ4n) is 1.55. The lowest BCUT2D eigenvalue weighted by Gasteiger charge is -2.24. The van der Waals surface area contributed by atoms with E-state index >= 15 is 0 Å². The molecule has 0 aliphatic heterocycles. The lowest BCUT2D eigenvalue weighted by molar-refractivity contribution is 0.0919. The van der Waals surface area contributed by atoms with Gasteiger partial charge < -0.3 is 10.1 Å². The second-order valence-corrected chi connectivity index (χ2v) is 6.07. The van der Waals surface area contributed by atoms with Gasteiger partial charge in [-0.3, -0.25) is 4.79 Å². The average molecular weight is 332 g/mol. The van der Waals surface area contributed by atoms with Crippen molar-refractivity contribution in [2.75, 3.05) is 20.3 Å². The van der Waals surface area contributed by atoms with Crippen LogP contribution in [-0.2, 0) is 4.74 Å². The number of amides is 1. The third-order valence-electron chi connectivity index (χ3n) is 2.88. The van der Waals surface area contributed by atoms with Crippen molar-refractivity contribution in [1.82, 2.24) is 5.32 Å². The molecule has 1 N–H and O–H groups in total. The van der Waals surface area contributed by atoms with Crippen LogP contribution in [0.15, 0.2) is 22.7 Å². The van der Waals surface area contributed by atoms with E-state index in [1.165, 1.54) is 18.2 Å². The Labute approximate surface area is 121 Å². The quantitative estimate of drug-likeness (QED) is 0.867. The Bertz CT molecular complexity index is 449. The molecule has 106 valence electrons. The zero-order valence-electron chi connectivity index (χ0n) is 11.4. The minimum absolute atomic E-state index is 0.0640. The van der Waals surface area contributed by atoms with E-state index in [0.717, 1.165) is 6.42 Å². The molecule has 0 atom stereocenters. The van der Waals surface area contributed by atoms with Crippen molar-refractivity contribution < 1.29 is 13.9 Å². The van der Waals surface area contributed by atoms with Crippen molar-refractivity contribution in [3.05, 3.63) is 34.1 Å². The van der Waals surface area contributed by atoms with Crippen molar-refractivity contribution in [3.8, 4) is 0 Å². The van der Waals surface area contributed by atoms with Gasteiger partial charge in [-0.1, -0.05) is 13.8 Å². The van der Waals surface area contributed by atoms with Crippen LogP contribution in [0.4, 0.5) is 4.39 Å². The van der Waals surface area contributed by atoms with Gasteiger partial charge in [0, 0.05) is 24.7 Å². The molecule has 0 fully saturated rings. The Balaban J connectivity index is 2.62. The maximum Gasteiger partial charge on any atom is 0.252 e. The highest BCUT2D eigenvalue weighted by Gasteiger charge is 2.20. The Hall–Kier alpha value is -0.940. The zero-order valence-corrected chi connectivity index (χ0v) is 13.0. The number of ether oxygens (including phenoxy) is 1. The molecular formula is C14H19BrFNO2. The van der Waals surface area contributed by atoms with E-state index in [1.807, 2.05) is 13.8 Å². The van der Waals surface area contributed by atoms with Gasteiger partial charge in [0.1, 0.15) is 5.82 Å². The van der Waals surface area contributed by atoms with Crippen molar-refractivity contribution in [3.63, 3.8) is 0 Å². The summed E-state index contributed by atoms with van der Waals surface area (Å²) in [5.41, 5.74) is 0.244. The van der Waals surface area contributed by atoms with Crippen LogP contribution >= 0.6 is 15.9 Å². The van der Waals surface area contributed by atoms with Crippen molar-refractivity contribution in [2.45, 2.75) is 20.3 Å². The third-order valence-corrected chi connectivity index (χ3v) is 3.57. The van der Waals surface area contributed by atoms with E-state index in [-0.39, 0.29) is 11.3 Å². The predicted molar refractivity (Wildman–Crippen MR) is 76.7 cm³/mol. The number of hydrogen-bond donors (Lipinski definition) is 1. The van der Waals surface area contributed by atoms with E-state index in [0.29, 0.717) is 23.2 Å². The summed E-state index contributed by atoms with van der Waals surface area (Å²) in [6.45, 7) is 5.25. The number of nitrogens with one attached hydrogen (secondary N) is 1. The Kier molecular flexibility index (Phi) is 5.94. The SMILES string of the molecule is COCCC(C)(C)CNC(=O)c1cc(F)ccc1Br. The molecule has 0 aliphatic rings. The molecule has 1 amide bonds. The summed E-state index contributed by atoms with van der Waals surface area (Å²) in [5.74, 6) is -0.705. The molecule has 0 heterocycles. The normalized spacial score (nSPS) is 11.4. The van der Waals surface area contributed by atoms with Crippen LogP contribution < -0.4 is 5.32 Å². The number of methoxy groups -OCH3 is 1. The number of carbonyl (C=O) groups excluding carboxylic acids is 1. The number of hydrogen-bond acceptors (Lipinski definition) is 2. The summed E-state index contributed by atoms with van der Waals surface area (Å²) >= 11 is 3.25. The molecule has 19 heavy (non-hydrogen) atoms. The molecule has 0 bridgehead atoms. The first-order valence-corrected chi connectivity index (χ1v) is 6.87. The molecule has 3 nitrogen and oxygen atoms in total. The van der Waals surface area contributed by atoms with Gasteiger partial charge >= 0.3 is 0 Å². The molecule has 0 aromatic heterocycles. The van der Waals surface area contributed by atoms with Crippen LogP contribution in [0.3, 0.4) is 0 Å². The van der Waals surface area contributed by atoms with Crippen LogP contribution in [0.1, 0.15) is 30.6 Å². The number of carbonyl (C=O) groups is 1. The minimum atomic E-state index is -0.424. The van der Waals surface area contributed by atoms with Crippen molar-refractivity contribution >= 4 is 21.8 Å². The summed E-state index contributed by atoms with van der Waals surface area (Å²) in [4.78, 5) is 12.0. The topological polar surface area (TPSA) is 38.3 Å². The lowest BCUT2D eigenvalue weighted by atomic mass is 9.89. The van der Waals surface area contributed by atoms with Gasteiger partial charge in [-0.25, -0.2) is 4.39 Å². The molecule has 1 aromatic rings. The van der Waals surface area contributed by atoms with Crippen molar-refractivity contribution in [2.24, 2.45) is 5.41 Å². The van der Waals surface area contributed by atoms with Gasteiger partial charge in [-0.2, -0.15) is 0 Å².